The van der Waals surface area contributed by atoms with E-state index >= 15 is 0 Å². The Morgan fingerprint density at radius 3 is 2.07 bits per heavy atom. The molecule has 1 N–H and O–H groups in total. The second-order valence-corrected chi connectivity index (χ2v) is 67.6. The van der Waals surface area contributed by atoms with E-state index < -0.39 is 29.5 Å². The summed E-state index contributed by atoms with van der Waals surface area (Å²) < 4.78 is 21.3. The van der Waals surface area contributed by atoms with E-state index in [2.05, 4.69) is 105 Å². The first-order chi connectivity index (χ1) is 11.9. The van der Waals surface area contributed by atoms with E-state index in [9.17, 15) is 0 Å². The van der Waals surface area contributed by atoms with Crippen molar-refractivity contribution in [2.45, 2.75) is 78.4 Å². The van der Waals surface area contributed by atoms with E-state index in [0.717, 1.165) is 4.13 Å². The zero-order chi connectivity index (χ0) is 21.1. The van der Waals surface area contributed by atoms with Gasteiger partial charge in [0.25, 0.3) is 0 Å². The van der Waals surface area contributed by atoms with Gasteiger partial charge in [-0.05, 0) is 0 Å². The minimum atomic E-state index is -5.28. The van der Waals surface area contributed by atoms with Crippen LogP contribution in [-0.2, 0) is 17.7 Å². The molecule has 1 aliphatic rings. The summed E-state index contributed by atoms with van der Waals surface area (Å²) in [5.41, 5.74) is 2.67. The van der Waals surface area contributed by atoms with Crippen molar-refractivity contribution in [3.8, 4) is 0 Å². The topological polar surface area (TPSA) is 21.3 Å². The number of hydrogen-bond acceptors (Lipinski definition) is 2. The molecule has 0 spiro atoms. The Morgan fingerprint density at radius 2 is 1.66 bits per heavy atom. The van der Waals surface area contributed by atoms with Gasteiger partial charge in [-0.15, -0.1) is 24.8 Å². The van der Waals surface area contributed by atoms with Gasteiger partial charge < -0.3 is 0 Å². The van der Waals surface area contributed by atoms with E-state index in [0.29, 0.717) is 0 Å². The van der Waals surface area contributed by atoms with Gasteiger partial charge in [0.1, 0.15) is 0 Å². The van der Waals surface area contributed by atoms with E-state index in [-0.39, 0.29) is 34.0 Å². The van der Waals surface area contributed by atoms with Crippen LogP contribution < -0.4 is 3.26 Å². The number of fused-ring (bicyclic) bond motifs is 1. The molecule has 0 saturated heterocycles. The van der Waals surface area contributed by atoms with Gasteiger partial charge in [0.15, 0.2) is 0 Å². The van der Waals surface area contributed by atoms with Gasteiger partial charge in [-0.1, -0.05) is 0 Å². The van der Waals surface area contributed by atoms with Crippen LogP contribution in [0.25, 0.3) is 6.08 Å². The second-order valence-electron chi connectivity index (χ2n) is 12.8. The van der Waals surface area contributed by atoms with Crippen molar-refractivity contribution in [2.24, 2.45) is 0 Å². The molecule has 0 amide bonds. The first-order valence-electron chi connectivity index (χ1n) is 10.6. The fourth-order valence-electron chi connectivity index (χ4n) is 6.55. The third-order valence-corrected chi connectivity index (χ3v) is 83.5. The van der Waals surface area contributed by atoms with Crippen LogP contribution in [0.5, 0.6) is 0 Å². The Hall–Kier alpha value is 0.647. The maximum atomic E-state index is 7.73. The molecule has 1 aromatic carbocycles. The molecule has 0 radical (unpaired) electrons. The second kappa shape index (κ2) is 7.33. The standard InChI is InChI=1S/C9H7.C4H10N.C3H9OSi.C2H7Si.C2H5.CH3.CH2.2ClH.Zr/c1-2-5-9-7-3-6-8(9)4-1;1-4(2,3)5;1-5(2,3)4;1-3-2;1-2;;;;;/h1-7H;5H,1-3H3;1-3H3;3H,1-2H3;1H2,2H3;1H3;1H2;2*1H;/q;2*-1;;;;;;;+2. The number of nitrogens with one attached hydrogen (secondary N) is 1. The summed E-state index contributed by atoms with van der Waals surface area (Å²) in [6.07, 6.45) is 4.75. The minimum absolute atomic E-state index is 0. The van der Waals surface area contributed by atoms with Gasteiger partial charge in [0.05, 0.1) is 0 Å². The van der Waals surface area contributed by atoms with Crippen molar-refractivity contribution in [3.63, 3.8) is 0 Å². The zero-order valence-electron chi connectivity index (χ0n) is 20.3. The molecule has 2 rings (SSSR count). The van der Waals surface area contributed by atoms with Crippen molar-refractivity contribution >= 4 is 49.3 Å². The number of benzene rings is 1. The first-order valence-corrected chi connectivity index (χ1v) is 30.8. The molecule has 1 unspecified atom stereocenters. The van der Waals surface area contributed by atoms with Crippen molar-refractivity contribution in [1.29, 1.82) is 0 Å². The number of hydrogen-bond donors (Lipinski definition) is 1. The van der Waals surface area contributed by atoms with E-state index in [4.69, 9.17) is 6.71 Å². The molecule has 0 aliphatic heterocycles. The average Bonchev–Trinajstić information content (AvgIpc) is 2.89. The molecule has 0 heterocycles. The molecule has 0 aromatic heterocycles. The fraction of sp³-hybridized carbons (Fsp3) is 0.591. The van der Waals surface area contributed by atoms with Crippen LogP contribution in [-0.4, -0.2) is 24.0 Å². The Kier molecular flexibility index (Phi) is 7.50. The molecule has 7 heteroatoms. The Morgan fingerprint density at radius 1 is 1.14 bits per heavy atom. The van der Waals surface area contributed by atoms with E-state index in [1.54, 1.807) is 0 Å². The summed E-state index contributed by atoms with van der Waals surface area (Å²) >= 11 is -5.28. The van der Waals surface area contributed by atoms with Gasteiger partial charge in [0.2, 0.25) is 0 Å². The normalized spacial score (nSPS) is 20.5. The SMILES string of the molecule is Cl.Cl.[CH2]=[Zr]([CH3])([CH2]C)([NH]C(C)(C)C)([O][Si](C)(C)C)([CH]1C=Cc2ccccc21)[SiH](C)C. The maximum absolute atomic E-state index is 7.73. The predicted octanol–water partition coefficient (Wildman–Crippen LogP) is 7.33. The molecular weight excluding hydrogens is 513 g/mol. The van der Waals surface area contributed by atoms with E-state index in [1.807, 2.05) is 0 Å². The average molecular weight is 558 g/mol. The van der Waals surface area contributed by atoms with Crippen LogP contribution in [0.4, 0.5) is 0 Å². The van der Waals surface area contributed by atoms with E-state index in [1.165, 1.54) is 11.1 Å². The summed E-state index contributed by atoms with van der Waals surface area (Å²) in [6, 6.07) is 8.87. The molecule has 170 valence electrons. The molecule has 0 saturated carbocycles. The molecular formula is C22H45Cl2NOSi2Zr. The summed E-state index contributed by atoms with van der Waals surface area (Å²) in [7, 11) is -1.92. The van der Waals surface area contributed by atoms with Crippen molar-refractivity contribution in [1.82, 2.24) is 3.26 Å². The Balaban J connectivity index is 0.00000392. The van der Waals surface area contributed by atoms with Gasteiger partial charge in [0, 0.05) is 0 Å². The van der Waals surface area contributed by atoms with Crippen LogP contribution in [0.3, 0.4) is 0 Å². The van der Waals surface area contributed by atoms with Gasteiger partial charge in [-0.2, -0.15) is 0 Å². The van der Waals surface area contributed by atoms with Crippen LogP contribution in [0.2, 0.25) is 41.5 Å². The molecule has 1 aliphatic carbocycles. The predicted molar refractivity (Wildman–Crippen MR) is 142 cm³/mol. The summed E-state index contributed by atoms with van der Waals surface area (Å²) in [6.45, 7) is 21.2. The Labute approximate surface area is 188 Å². The summed E-state index contributed by atoms with van der Waals surface area (Å²) in [4.78, 5) is 0. The van der Waals surface area contributed by atoms with Gasteiger partial charge in [-0.25, -0.2) is 0 Å². The Bertz CT molecular complexity index is 905. The zero-order valence-corrected chi connectivity index (χ0v) is 26.5. The van der Waals surface area contributed by atoms with Gasteiger partial charge in [-0.3, -0.25) is 0 Å². The third-order valence-electron chi connectivity index (χ3n) is 8.19. The first kappa shape index (κ1) is 29.6. The van der Waals surface area contributed by atoms with Crippen molar-refractivity contribution in [3.05, 3.63) is 41.5 Å². The van der Waals surface area contributed by atoms with Crippen LogP contribution in [0.1, 0.15) is 42.4 Å². The number of rotatable bonds is 6. The molecule has 0 fully saturated rings. The third kappa shape index (κ3) is 4.32. The van der Waals surface area contributed by atoms with Crippen LogP contribution >= 0.6 is 24.8 Å². The fourth-order valence-corrected chi connectivity index (χ4v) is 77.0. The van der Waals surface area contributed by atoms with Crippen molar-refractivity contribution < 1.29 is 17.7 Å². The van der Waals surface area contributed by atoms with Crippen LogP contribution in [0.15, 0.2) is 30.3 Å². The molecule has 1 atom stereocenters. The van der Waals surface area contributed by atoms with Gasteiger partial charge >= 0.3 is 165 Å². The van der Waals surface area contributed by atoms with Crippen LogP contribution in [0, 0.1) is 0 Å². The monoisotopic (exact) mass is 555 g/mol. The quantitative estimate of drug-likeness (QED) is 0.370. The molecule has 2 nitrogen and oxygen atoms in total. The molecule has 0 bridgehead atoms. The van der Waals surface area contributed by atoms with Crippen molar-refractivity contribution in [2.75, 3.05) is 0 Å². The number of allylic oxidation sites excluding steroid dienone is 1. The number of halogens is 2. The molecule has 29 heavy (non-hydrogen) atoms. The summed E-state index contributed by atoms with van der Waals surface area (Å²) in [5.74, 6) is -1.47. The summed E-state index contributed by atoms with van der Waals surface area (Å²) in [5, 5.41) is 0. The molecule has 1 aromatic rings.